The zero-order valence-corrected chi connectivity index (χ0v) is 14.5. The van der Waals surface area contributed by atoms with Crippen molar-refractivity contribution >= 4 is 12.0 Å². The maximum atomic E-state index is 13.5. The van der Waals surface area contributed by atoms with E-state index in [4.69, 9.17) is 11.5 Å². The van der Waals surface area contributed by atoms with E-state index in [0.717, 1.165) is 23.8 Å². The minimum atomic E-state index is -0.466. The maximum absolute atomic E-state index is 13.5. The first-order valence-corrected chi connectivity index (χ1v) is 8.15. The zero-order chi connectivity index (χ0) is 18.4. The highest BCUT2D eigenvalue weighted by Crippen LogP contribution is 2.23. The van der Waals surface area contributed by atoms with Crippen molar-refractivity contribution in [2.45, 2.75) is 26.4 Å². The van der Waals surface area contributed by atoms with E-state index in [9.17, 15) is 9.18 Å². The van der Waals surface area contributed by atoms with Crippen molar-refractivity contribution in [3.05, 3.63) is 81.8 Å². The molecular weight excluding hydrogens is 317 g/mol. The molecule has 2 rings (SSSR count). The number of carbonyl (C=O) groups excluding carboxylic acids is 1. The first-order chi connectivity index (χ1) is 11.9. The first-order valence-electron chi connectivity index (χ1n) is 8.15. The Labute approximate surface area is 147 Å². The van der Waals surface area contributed by atoms with Gasteiger partial charge in [0.15, 0.2) is 0 Å². The van der Waals surface area contributed by atoms with E-state index in [-0.39, 0.29) is 11.5 Å². The van der Waals surface area contributed by atoms with Gasteiger partial charge in [-0.05, 0) is 48.6 Å². The van der Waals surface area contributed by atoms with E-state index in [0.29, 0.717) is 23.2 Å². The molecule has 5 heteroatoms. The lowest BCUT2D eigenvalue weighted by Gasteiger charge is -2.19. The van der Waals surface area contributed by atoms with Crippen LogP contribution < -0.4 is 11.1 Å². The van der Waals surface area contributed by atoms with Crippen molar-refractivity contribution < 1.29 is 9.18 Å². The molecule has 0 radical (unpaired) electrons. The van der Waals surface area contributed by atoms with Gasteiger partial charge in [-0.3, -0.25) is 10.1 Å². The van der Waals surface area contributed by atoms with Gasteiger partial charge < -0.3 is 11.5 Å². The van der Waals surface area contributed by atoms with Crippen LogP contribution in [0.4, 0.5) is 4.39 Å². The Hall–Kier alpha value is -2.50. The van der Waals surface area contributed by atoms with E-state index >= 15 is 0 Å². The summed E-state index contributed by atoms with van der Waals surface area (Å²) < 4.78 is 13.5. The van der Waals surface area contributed by atoms with Gasteiger partial charge in [0.25, 0.3) is 0 Å². The molecule has 2 aromatic rings. The molecule has 2 aromatic carbocycles. The SMILES string of the molecule is Cc1c(F)ccc(/C([NH-])=C/C(N)NCCc2ccc(C=O)cc2)c1C. The second kappa shape index (κ2) is 8.55. The van der Waals surface area contributed by atoms with Crippen LogP contribution in [0.1, 0.15) is 32.6 Å². The molecule has 0 aliphatic carbocycles. The predicted octanol–water partition coefficient (Wildman–Crippen LogP) is 3.77. The number of nitrogens with one attached hydrogen (secondary N) is 2. The van der Waals surface area contributed by atoms with Crippen LogP contribution in [0.2, 0.25) is 0 Å². The Morgan fingerprint density at radius 1 is 1.20 bits per heavy atom. The molecule has 1 unspecified atom stereocenters. The van der Waals surface area contributed by atoms with Gasteiger partial charge in [-0.1, -0.05) is 36.4 Å². The van der Waals surface area contributed by atoms with Crippen LogP contribution in [0.15, 0.2) is 42.5 Å². The average Bonchev–Trinajstić information content (AvgIpc) is 2.60. The molecule has 4 nitrogen and oxygen atoms in total. The molecule has 0 bridgehead atoms. The molecular formula is C20H23FN3O-. The third-order valence-corrected chi connectivity index (χ3v) is 4.27. The lowest BCUT2D eigenvalue weighted by molar-refractivity contribution is 0.112. The molecule has 0 aliphatic rings. The highest BCUT2D eigenvalue weighted by atomic mass is 19.1. The van der Waals surface area contributed by atoms with Crippen molar-refractivity contribution in [3.8, 4) is 0 Å². The number of aldehydes is 1. The van der Waals surface area contributed by atoms with E-state index < -0.39 is 6.17 Å². The van der Waals surface area contributed by atoms with Gasteiger partial charge in [0.1, 0.15) is 12.1 Å². The lowest BCUT2D eigenvalue weighted by Crippen LogP contribution is -2.36. The van der Waals surface area contributed by atoms with Crippen LogP contribution >= 0.6 is 0 Å². The molecule has 0 spiro atoms. The summed E-state index contributed by atoms with van der Waals surface area (Å²) >= 11 is 0. The Morgan fingerprint density at radius 2 is 1.88 bits per heavy atom. The summed E-state index contributed by atoms with van der Waals surface area (Å²) in [5.41, 5.74) is 18.2. The molecule has 0 amide bonds. The van der Waals surface area contributed by atoms with Crippen molar-refractivity contribution in [1.82, 2.24) is 5.32 Å². The summed E-state index contributed by atoms with van der Waals surface area (Å²) in [7, 11) is 0. The van der Waals surface area contributed by atoms with Gasteiger partial charge in [-0.2, -0.15) is 0 Å². The molecule has 0 aromatic heterocycles. The van der Waals surface area contributed by atoms with Crippen LogP contribution in [0, 0.1) is 19.7 Å². The Morgan fingerprint density at radius 3 is 2.52 bits per heavy atom. The van der Waals surface area contributed by atoms with Gasteiger partial charge >= 0.3 is 0 Å². The van der Waals surface area contributed by atoms with Crippen molar-refractivity contribution in [2.75, 3.05) is 6.54 Å². The van der Waals surface area contributed by atoms with Crippen LogP contribution in [0.25, 0.3) is 11.4 Å². The molecule has 0 saturated heterocycles. The largest absolute Gasteiger partial charge is 0.698 e. The number of carbonyl (C=O) groups is 1. The summed E-state index contributed by atoms with van der Waals surface area (Å²) in [5.74, 6) is -0.267. The van der Waals surface area contributed by atoms with E-state index in [1.807, 2.05) is 12.1 Å². The molecule has 1 atom stereocenters. The van der Waals surface area contributed by atoms with Crippen LogP contribution in [0.5, 0.6) is 0 Å². The molecule has 0 heterocycles. The third kappa shape index (κ3) is 4.98. The second-order valence-corrected chi connectivity index (χ2v) is 6.01. The number of nitrogens with two attached hydrogens (primary N) is 1. The van der Waals surface area contributed by atoms with E-state index in [1.54, 1.807) is 38.1 Å². The van der Waals surface area contributed by atoms with Gasteiger partial charge in [0, 0.05) is 12.1 Å². The minimum Gasteiger partial charge on any atom is -0.698 e. The minimum absolute atomic E-state index is 0.267. The van der Waals surface area contributed by atoms with Gasteiger partial charge in [-0.25, -0.2) is 4.39 Å². The third-order valence-electron chi connectivity index (χ3n) is 4.27. The fourth-order valence-corrected chi connectivity index (χ4v) is 2.55. The number of benzene rings is 2. The quantitative estimate of drug-likeness (QED) is 0.595. The van der Waals surface area contributed by atoms with Crippen molar-refractivity contribution in [3.63, 3.8) is 0 Å². The standard InChI is InChI=1S/C20H23FN3O/c1-13-14(2)18(21)8-7-17(13)19(22)11-20(23)24-10-9-15-3-5-16(12-25)6-4-15/h3-8,11-12,20,22,24H,9-10,23H2,1-2H3/q-1/b19-11-. The number of rotatable bonds is 7. The average molecular weight is 340 g/mol. The van der Waals surface area contributed by atoms with E-state index in [2.05, 4.69) is 5.32 Å². The molecule has 0 fully saturated rings. The highest BCUT2D eigenvalue weighted by molar-refractivity contribution is 5.74. The Bertz CT molecular complexity index is 769. The van der Waals surface area contributed by atoms with Crippen molar-refractivity contribution in [2.24, 2.45) is 5.73 Å². The smallest absolute Gasteiger partial charge is 0.150 e. The predicted molar refractivity (Wildman–Crippen MR) is 99.7 cm³/mol. The normalized spacial score (nSPS) is 12.9. The molecule has 132 valence electrons. The first kappa shape index (κ1) is 18.8. The van der Waals surface area contributed by atoms with Crippen LogP contribution in [0.3, 0.4) is 0 Å². The van der Waals surface area contributed by atoms with E-state index in [1.165, 1.54) is 6.07 Å². The summed E-state index contributed by atoms with van der Waals surface area (Å²) in [6, 6.07) is 10.4. The zero-order valence-electron chi connectivity index (χ0n) is 14.5. The number of hydrogen-bond acceptors (Lipinski definition) is 3. The Balaban J connectivity index is 1.94. The molecule has 0 aliphatic heterocycles. The molecule has 4 N–H and O–H groups in total. The van der Waals surface area contributed by atoms with Crippen molar-refractivity contribution in [1.29, 1.82) is 0 Å². The number of hydrogen-bond donors (Lipinski definition) is 2. The topological polar surface area (TPSA) is 78.9 Å². The monoisotopic (exact) mass is 340 g/mol. The van der Waals surface area contributed by atoms with Gasteiger partial charge in [0.05, 0.1) is 6.17 Å². The van der Waals surface area contributed by atoms with Gasteiger partial charge in [-0.15, -0.1) is 5.70 Å². The molecule has 0 saturated carbocycles. The maximum Gasteiger partial charge on any atom is 0.150 e. The fraction of sp³-hybridized carbons (Fsp3) is 0.250. The second-order valence-electron chi connectivity index (χ2n) is 6.01. The van der Waals surface area contributed by atoms with Gasteiger partial charge in [0.2, 0.25) is 0 Å². The fourth-order valence-electron chi connectivity index (χ4n) is 2.55. The molecule has 25 heavy (non-hydrogen) atoms. The summed E-state index contributed by atoms with van der Waals surface area (Å²) in [6.45, 7) is 4.15. The van der Waals surface area contributed by atoms with Crippen LogP contribution in [-0.4, -0.2) is 19.0 Å². The Kier molecular flexibility index (Phi) is 6.44. The number of halogens is 1. The lowest BCUT2D eigenvalue weighted by atomic mass is 10.00. The van der Waals surface area contributed by atoms with Crippen LogP contribution in [-0.2, 0) is 6.42 Å². The summed E-state index contributed by atoms with van der Waals surface area (Å²) in [5, 5.41) is 3.14. The summed E-state index contributed by atoms with van der Waals surface area (Å²) in [4.78, 5) is 10.6. The highest BCUT2D eigenvalue weighted by Gasteiger charge is 2.06. The summed E-state index contributed by atoms with van der Waals surface area (Å²) in [6.07, 6.45) is 2.74.